The van der Waals surface area contributed by atoms with Gasteiger partial charge in [-0.2, -0.15) is 0 Å². The molecule has 0 spiro atoms. The van der Waals surface area contributed by atoms with Crippen LogP contribution >= 0.6 is 0 Å². The first-order chi connectivity index (χ1) is 12.1. The van der Waals surface area contributed by atoms with Gasteiger partial charge < -0.3 is 20.3 Å². The normalized spacial score (nSPS) is 18.0. The van der Waals surface area contributed by atoms with Crippen molar-refractivity contribution in [2.75, 3.05) is 32.0 Å². The van der Waals surface area contributed by atoms with Crippen LogP contribution in [0.1, 0.15) is 17.4 Å². The van der Waals surface area contributed by atoms with E-state index in [0.717, 1.165) is 18.7 Å². The second-order valence-corrected chi connectivity index (χ2v) is 5.75. The monoisotopic (exact) mass is 344 g/mol. The molecule has 2 aromatic rings. The molecule has 0 amide bonds. The maximum atomic E-state index is 10.5. The second-order valence-electron chi connectivity index (χ2n) is 5.75. The third-order valence-corrected chi connectivity index (χ3v) is 3.90. The molecule has 1 aromatic heterocycles. The number of aromatic nitrogens is 2. The standard InChI is InChI=1S/C17H20N4O4/c18-17-16(19-5-6-20-17)14-10-21(7-8-24-14)9-12-1-3-13(4-2-12)25-11-15(22)23/h1-6,14H,7-11H2,(H2,18,20)(H,22,23)/t14-/m1/s1. The van der Waals surface area contributed by atoms with Gasteiger partial charge in [0.25, 0.3) is 0 Å². The van der Waals surface area contributed by atoms with E-state index < -0.39 is 5.97 Å². The summed E-state index contributed by atoms with van der Waals surface area (Å²) in [5, 5.41) is 8.62. The molecule has 0 aliphatic carbocycles. The van der Waals surface area contributed by atoms with Gasteiger partial charge in [0.05, 0.1) is 6.61 Å². The number of carboxylic acids is 1. The summed E-state index contributed by atoms with van der Waals surface area (Å²) < 4.78 is 10.9. The number of carboxylic acid groups (broad SMARTS) is 1. The zero-order chi connectivity index (χ0) is 17.6. The van der Waals surface area contributed by atoms with Crippen molar-refractivity contribution in [3.8, 4) is 5.75 Å². The highest BCUT2D eigenvalue weighted by atomic mass is 16.5. The van der Waals surface area contributed by atoms with Crippen LogP contribution in [0.5, 0.6) is 5.75 Å². The molecule has 3 N–H and O–H groups in total. The molecule has 1 fully saturated rings. The van der Waals surface area contributed by atoms with Crippen LogP contribution in [0.2, 0.25) is 0 Å². The first kappa shape index (κ1) is 17.1. The Bertz CT molecular complexity index is 723. The average Bonchev–Trinajstić information content (AvgIpc) is 2.62. The Kier molecular flexibility index (Phi) is 5.42. The lowest BCUT2D eigenvalue weighted by molar-refractivity contribution is -0.139. The Morgan fingerprint density at radius 3 is 2.80 bits per heavy atom. The molecule has 0 saturated carbocycles. The Labute approximate surface area is 145 Å². The number of hydrogen-bond donors (Lipinski definition) is 2. The summed E-state index contributed by atoms with van der Waals surface area (Å²) in [5.41, 5.74) is 7.67. The molecule has 0 radical (unpaired) electrons. The van der Waals surface area contributed by atoms with Crippen molar-refractivity contribution >= 4 is 11.8 Å². The summed E-state index contributed by atoms with van der Waals surface area (Å²) in [7, 11) is 0. The lowest BCUT2D eigenvalue weighted by Gasteiger charge is -2.32. The van der Waals surface area contributed by atoms with Crippen LogP contribution in [-0.2, 0) is 16.1 Å². The Hall–Kier alpha value is -2.71. The Balaban J connectivity index is 1.59. The zero-order valence-corrected chi connectivity index (χ0v) is 13.7. The van der Waals surface area contributed by atoms with Crippen LogP contribution in [0.15, 0.2) is 36.7 Å². The van der Waals surface area contributed by atoms with E-state index in [4.69, 9.17) is 20.3 Å². The lowest BCUT2D eigenvalue weighted by atomic mass is 10.1. The van der Waals surface area contributed by atoms with Crippen LogP contribution in [0, 0.1) is 0 Å². The largest absolute Gasteiger partial charge is 0.482 e. The summed E-state index contributed by atoms with van der Waals surface area (Å²) in [4.78, 5) is 21.1. The maximum absolute atomic E-state index is 10.5. The number of morpholine rings is 1. The van der Waals surface area contributed by atoms with E-state index >= 15 is 0 Å². The molecular weight excluding hydrogens is 324 g/mol. The van der Waals surface area contributed by atoms with Gasteiger partial charge in [-0.05, 0) is 17.7 Å². The van der Waals surface area contributed by atoms with Crippen LogP contribution in [0.25, 0.3) is 0 Å². The van der Waals surface area contributed by atoms with E-state index in [2.05, 4.69) is 14.9 Å². The fourth-order valence-corrected chi connectivity index (χ4v) is 2.71. The molecule has 0 unspecified atom stereocenters. The molecule has 8 heteroatoms. The van der Waals surface area contributed by atoms with Crippen molar-refractivity contribution in [1.29, 1.82) is 0 Å². The van der Waals surface area contributed by atoms with Gasteiger partial charge >= 0.3 is 5.97 Å². The van der Waals surface area contributed by atoms with E-state index in [9.17, 15) is 4.79 Å². The van der Waals surface area contributed by atoms with Crippen LogP contribution in [0.3, 0.4) is 0 Å². The first-order valence-electron chi connectivity index (χ1n) is 7.95. The first-order valence-corrected chi connectivity index (χ1v) is 7.95. The minimum absolute atomic E-state index is 0.194. The predicted molar refractivity (Wildman–Crippen MR) is 90.0 cm³/mol. The summed E-state index contributed by atoms with van der Waals surface area (Å²) >= 11 is 0. The van der Waals surface area contributed by atoms with Crippen molar-refractivity contribution in [3.05, 3.63) is 47.9 Å². The van der Waals surface area contributed by atoms with Gasteiger partial charge in [0, 0.05) is 32.0 Å². The zero-order valence-electron chi connectivity index (χ0n) is 13.7. The van der Waals surface area contributed by atoms with E-state index in [1.165, 1.54) is 0 Å². The molecule has 1 aliphatic rings. The van der Waals surface area contributed by atoms with E-state index in [-0.39, 0.29) is 12.7 Å². The number of nitrogen functional groups attached to an aromatic ring is 1. The SMILES string of the molecule is Nc1nccnc1[C@H]1CN(Cc2ccc(OCC(=O)O)cc2)CCO1. The minimum atomic E-state index is -0.994. The highest BCUT2D eigenvalue weighted by molar-refractivity contribution is 5.68. The molecule has 1 atom stereocenters. The third kappa shape index (κ3) is 4.65. The smallest absolute Gasteiger partial charge is 0.341 e. The number of nitrogens with zero attached hydrogens (tertiary/aromatic N) is 3. The van der Waals surface area contributed by atoms with E-state index in [1.807, 2.05) is 12.1 Å². The summed E-state index contributed by atoms with van der Waals surface area (Å²) in [5.74, 6) is -0.0562. The molecule has 132 valence electrons. The molecule has 8 nitrogen and oxygen atoms in total. The van der Waals surface area contributed by atoms with Crippen molar-refractivity contribution in [2.24, 2.45) is 0 Å². The number of benzene rings is 1. The van der Waals surface area contributed by atoms with Gasteiger partial charge in [-0.25, -0.2) is 9.78 Å². The molecule has 1 saturated heterocycles. The summed E-state index contributed by atoms with van der Waals surface area (Å²) in [6.07, 6.45) is 2.98. The fraction of sp³-hybridized carbons (Fsp3) is 0.353. The number of carbonyl (C=O) groups is 1. The van der Waals surface area contributed by atoms with E-state index in [0.29, 0.717) is 30.4 Å². The topological polar surface area (TPSA) is 111 Å². The van der Waals surface area contributed by atoms with Crippen molar-refractivity contribution < 1.29 is 19.4 Å². The van der Waals surface area contributed by atoms with Gasteiger partial charge in [-0.15, -0.1) is 0 Å². The molecule has 25 heavy (non-hydrogen) atoms. The third-order valence-electron chi connectivity index (χ3n) is 3.90. The van der Waals surface area contributed by atoms with E-state index in [1.54, 1.807) is 24.5 Å². The van der Waals surface area contributed by atoms with Crippen molar-refractivity contribution in [2.45, 2.75) is 12.6 Å². The van der Waals surface area contributed by atoms with Crippen molar-refractivity contribution in [3.63, 3.8) is 0 Å². The second kappa shape index (κ2) is 7.91. The quantitative estimate of drug-likeness (QED) is 0.801. The average molecular weight is 344 g/mol. The van der Waals surface area contributed by atoms with Crippen molar-refractivity contribution in [1.82, 2.24) is 14.9 Å². The van der Waals surface area contributed by atoms with Crippen LogP contribution in [0.4, 0.5) is 5.82 Å². The molecule has 0 bridgehead atoms. The molecule has 1 aromatic carbocycles. The van der Waals surface area contributed by atoms with Crippen LogP contribution in [-0.4, -0.2) is 52.2 Å². The molecular formula is C17H20N4O4. The van der Waals surface area contributed by atoms with Gasteiger partial charge in [-0.3, -0.25) is 9.88 Å². The number of hydrogen-bond acceptors (Lipinski definition) is 7. The lowest BCUT2D eigenvalue weighted by Crippen LogP contribution is -2.38. The number of rotatable bonds is 6. The Morgan fingerprint density at radius 1 is 1.32 bits per heavy atom. The Morgan fingerprint density at radius 2 is 2.08 bits per heavy atom. The summed E-state index contributed by atoms with van der Waals surface area (Å²) in [6, 6.07) is 7.41. The number of anilines is 1. The molecule has 1 aliphatic heterocycles. The van der Waals surface area contributed by atoms with Crippen LogP contribution < -0.4 is 10.5 Å². The minimum Gasteiger partial charge on any atom is -0.482 e. The molecule has 2 heterocycles. The predicted octanol–water partition coefficient (Wildman–Crippen LogP) is 1.10. The highest BCUT2D eigenvalue weighted by Crippen LogP contribution is 2.24. The number of ether oxygens (including phenoxy) is 2. The highest BCUT2D eigenvalue weighted by Gasteiger charge is 2.25. The van der Waals surface area contributed by atoms with Gasteiger partial charge in [0.1, 0.15) is 23.4 Å². The number of nitrogens with two attached hydrogens (primary N) is 1. The fourth-order valence-electron chi connectivity index (χ4n) is 2.71. The van der Waals surface area contributed by atoms with Gasteiger partial charge in [-0.1, -0.05) is 12.1 Å². The summed E-state index contributed by atoms with van der Waals surface area (Å²) in [6.45, 7) is 2.50. The van der Waals surface area contributed by atoms with Gasteiger partial charge in [0.2, 0.25) is 0 Å². The number of aliphatic carboxylic acids is 1. The van der Waals surface area contributed by atoms with Gasteiger partial charge in [0.15, 0.2) is 6.61 Å². The molecule has 3 rings (SSSR count). The maximum Gasteiger partial charge on any atom is 0.341 e.